The average Bonchev–Trinajstić information content (AvgIpc) is 2.91. The Morgan fingerprint density at radius 1 is 0.771 bits per heavy atom. The summed E-state index contributed by atoms with van der Waals surface area (Å²) in [5.41, 5.74) is 1.93. The van der Waals surface area contributed by atoms with Gasteiger partial charge in [-0.1, -0.05) is 35.9 Å². The Morgan fingerprint density at radius 3 is 2.06 bits per heavy atom. The summed E-state index contributed by atoms with van der Waals surface area (Å²) in [5.74, 6) is 1.44. The van der Waals surface area contributed by atoms with E-state index in [2.05, 4.69) is 0 Å². The molecule has 182 valence electrons. The summed E-state index contributed by atoms with van der Waals surface area (Å²) in [7, 11) is 3.11. The minimum absolute atomic E-state index is 0.0716. The SMILES string of the molecule is COc1cccc(C(=O)N2CCN(C(=O)c3ccc(OCc4ccccc4Cl)c(OC)c3)CC2)c1. The van der Waals surface area contributed by atoms with Crippen LogP contribution >= 0.6 is 11.6 Å². The number of hydrogen-bond acceptors (Lipinski definition) is 5. The lowest BCUT2D eigenvalue weighted by Crippen LogP contribution is -2.50. The molecule has 0 radical (unpaired) electrons. The molecule has 2 amide bonds. The summed E-state index contributed by atoms with van der Waals surface area (Å²) in [5, 5.41) is 0.627. The number of piperazine rings is 1. The Kier molecular flexibility index (Phi) is 7.77. The summed E-state index contributed by atoms with van der Waals surface area (Å²) in [4.78, 5) is 29.5. The number of rotatable bonds is 7. The van der Waals surface area contributed by atoms with Gasteiger partial charge in [0.15, 0.2) is 11.5 Å². The van der Waals surface area contributed by atoms with Gasteiger partial charge in [-0.25, -0.2) is 0 Å². The van der Waals surface area contributed by atoms with Gasteiger partial charge in [-0.05, 0) is 42.5 Å². The highest BCUT2D eigenvalue weighted by Gasteiger charge is 2.26. The van der Waals surface area contributed by atoms with Gasteiger partial charge in [0, 0.05) is 47.9 Å². The predicted octanol–water partition coefficient (Wildman–Crippen LogP) is 4.53. The van der Waals surface area contributed by atoms with Gasteiger partial charge >= 0.3 is 0 Å². The predicted molar refractivity (Wildman–Crippen MR) is 134 cm³/mol. The van der Waals surface area contributed by atoms with Crippen molar-refractivity contribution in [1.29, 1.82) is 0 Å². The van der Waals surface area contributed by atoms with E-state index in [1.807, 2.05) is 24.3 Å². The molecular formula is C27H27ClN2O5. The highest BCUT2D eigenvalue weighted by molar-refractivity contribution is 6.31. The molecule has 4 rings (SSSR count). The summed E-state index contributed by atoms with van der Waals surface area (Å²) >= 11 is 6.20. The molecular weight excluding hydrogens is 468 g/mol. The van der Waals surface area contributed by atoms with Crippen molar-refractivity contribution in [2.24, 2.45) is 0 Å². The van der Waals surface area contributed by atoms with Gasteiger partial charge in [0.25, 0.3) is 11.8 Å². The largest absolute Gasteiger partial charge is 0.497 e. The Morgan fingerprint density at radius 2 is 1.43 bits per heavy atom. The van der Waals surface area contributed by atoms with Crippen LogP contribution in [0.2, 0.25) is 5.02 Å². The fraction of sp³-hybridized carbons (Fsp3) is 0.259. The van der Waals surface area contributed by atoms with Crippen LogP contribution in [-0.4, -0.2) is 62.0 Å². The number of carbonyl (C=O) groups excluding carboxylic acids is 2. The first-order chi connectivity index (χ1) is 17.0. The molecule has 3 aromatic rings. The van der Waals surface area contributed by atoms with Crippen molar-refractivity contribution in [3.8, 4) is 17.2 Å². The second-order valence-corrected chi connectivity index (χ2v) is 8.47. The Hall–Kier alpha value is -3.71. The number of carbonyl (C=O) groups is 2. The minimum Gasteiger partial charge on any atom is -0.497 e. The third kappa shape index (κ3) is 5.69. The van der Waals surface area contributed by atoms with Crippen molar-refractivity contribution < 1.29 is 23.8 Å². The lowest BCUT2D eigenvalue weighted by molar-refractivity contribution is 0.0535. The first-order valence-electron chi connectivity index (χ1n) is 11.3. The van der Waals surface area contributed by atoms with Gasteiger partial charge in [0.1, 0.15) is 12.4 Å². The quantitative estimate of drug-likeness (QED) is 0.482. The third-order valence-corrected chi connectivity index (χ3v) is 6.29. The molecule has 0 aromatic heterocycles. The molecule has 0 spiro atoms. The van der Waals surface area contributed by atoms with E-state index in [0.29, 0.717) is 59.6 Å². The topological polar surface area (TPSA) is 68.3 Å². The van der Waals surface area contributed by atoms with Crippen LogP contribution in [-0.2, 0) is 6.61 Å². The van der Waals surface area contributed by atoms with Crippen molar-refractivity contribution in [3.05, 3.63) is 88.4 Å². The number of ether oxygens (including phenoxy) is 3. The second-order valence-electron chi connectivity index (χ2n) is 8.06. The average molecular weight is 495 g/mol. The molecule has 1 aliphatic heterocycles. The number of methoxy groups -OCH3 is 2. The van der Waals surface area contributed by atoms with E-state index in [1.165, 1.54) is 7.11 Å². The van der Waals surface area contributed by atoms with E-state index in [9.17, 15) is 9.59 Å². The van der Waals surface area contributed by atoms with Gasteiger partial charge < -0.3 is 24.0 Å². The molecule has 3 aromatic carbocycles. The van der Waals surface area contributed by atoms with Gasteiger partial charge in [0.2, 0.25) is 0 Å². The van der Waals surface area contributed by atoms with Gasteiger partial charge in [-0.15, -0.1) is 0 Å². The van der Waals surface area contributed by atoms with Gasteiger partial charge in [-0.3, -0.25) is 9.59 Å². The van der Waals surface area contributed by atoms with E-state index in [1.54, 1.807) is 59.4 Å². The summed E-state index contributed by atoms with van der Waals surface area (Å²) in [6.45, 7) is 2.09. The Labute approximate surface area is 209 Å². The monoisotopic (exact) mass is 494 g/mol. The number of nitrogens with zero attached hydrogens (tertiary/aromatic N) is 2. The van der Waals surface area contributed by atoms with E-state index >= 15 is 0 Å². The number of halogens is 1. The van der Waals surface area contributed by atoms with E-state index in [4.69, 9.17) is 25.8 Å². The molecule has 7 nitrogen and oxygen atoms in total. The van der Waals surface area contributed by atoms with Crippen molar-refractivity contribution in [2.45, 2.75) is 6.61 Å². The fourth-order valence-electron chi connectivity index (χ4n) is 3.92. The number of benzene rings is 3. The van der Waals surface area contributed by atoms with Crippen LogP contribution in [0.3, 0.4) is 0 Å². The molecule has 0 bridgehead atoms. The molecule has 0 atom stereocenters. The molecule has 8 heteroatoms. The van der Waals surface area contributed by atoms with Gasteiger partial charge in [-0.2, -0.15) is 0 Å². The van der Waals surface area contributed by atoms with Crippen LogP contribution in [0, 0.1) is 0 Å². The van der Waals surface area contributed by atoms with Gasteiger partial charge in [0.05, 0.1) is 14.2 Å². The standard InChI is InChI=1S/C27H27ClN2O5/c1-33-22-8-5-7-19(16-22)26(31)29-12-14-30(15-13-29)27(32)20-10-11-24(25(17-20)34-2)35-18-21-6-3-4-9-23(21)28/h3-11,16-17H,12-15,18H2,1-2H3. The molecule has 1 aliphatic rings. The van der Waals surface area contributed by atoms with Crippen molar-refractivity contribution in [3.63, 3.8) is 0 Å². The first kappa shape index (κ1) is 24.4. The van der Waals surface area contributed by atoms with Crippen LogP contribution in [0.4, 0.5) is 0 Å². The highest BCUT2D eigenvalue weighted by atomic mass is 35.5. The zero-order valence-electron chi connectivity index (χ0n) is 19.7. The first-order valence-corrected chi connectivity index (χ1v) is 11.6. The van der Waals surface area contributed by atoms with Crippen molar-refractivity contribution >= 4 is 23.4 Å². The maximum absolute atomic E-state index is 13.1. The minimum atomic E-state index is -0.116. The van der Waals surface area contributed by atoms with Crippen LogP contribution < -0.4 is 14.2 Å². The Bertz CT molecular complexity index is 1210. The number of hydrogen-bond donors (Lipinski definition) is 0. The molecule has 1 heterocycles. The smallest absolute Gasteiger partial charge is 0.254 e. The van der Waals surface area contributed by atoms with Crippen molar-refractivity contribution in [2.75, 3.05) is 40.4 Å². The highest BCUT2D eigenvalue weighted by Crippen LogP contribution is 2.30. The summed E-state index contributed by atoms with van der Waals surface area (Å²) in [6, 6.07) is 19.7. The van der Waals surface area contributed by atoms with Crippen LogP contribution in [0.15, 0.2) is 66.7 Å². The maximum Gasteiger partial charge on any atom is 0.254 e. The van der Waals surface area contributed by atoms with Crippen LogP contribution in [0.1, 0.15) is 26.3 Å². The second kappa shape index (κ2) is 11.1. The zero-order chi connectivity index (χ0) is 24.8. The fourth-order valence-corrected chi connectivity index (χ4v) is 4.11. The summed E-state index contributed by atoms with van der Waals surface area (Å²) in [6.07, 6.45) is 0. The lowest BCUT2D eigenvalue weighted by atomic mass is 10.1. The molecule has 0 saturated carbocycles. The molecule has 35 heavy (non-hydrogen) atoms. The van der Waals surface area contributed by atoms with E-state index in [0.717, 1.165) is 5.56 Å². The lowest BCUT2D eigenvalue weighted by Gasteiger charge is -2.35. The zero-order valence-corrected chi connectivity index (χ0v) is 20.5. The van der Waals surface area contributed by atoms with Crippen molar-refractivity contribution in [1.82, 2.24) is 9.80 Å². The molecule has 1 fully saturated rings. The maximum atomic E-state index is 13.1. The van der Waals surface area contributed by atoms with Crippen LogP contribution in [0.25, 0.3) is 0 Å². The van der Waals surface area contributed by atoms with E-state index < -0.39 is 0 Å². The summed E-state index contributed by atoms with van der Waals surface area (Å²) < 4.78 is 16.6. The molecule has 0 N–H and O–H groups in total. The Balaban J connectivity index is 1.38. The normalized spacial score (nSPS) is 13.3. The number of amides is 2. The van der Waals surface area contributed by atoms with E-state index in [-0.39, 0.29) is 18.4 Å². The third-order valence-electron chi connectivity index (χ3n) is 5.92. The molecule has 0 aliphatic carbocycles. The molecule has 1 saturated heterocycles. The van der Waals surface area contributed by atoms with Crippen LogP contribution in [0.5, 0.6) is 17.2 Å². The molecule has 0 unspecified atom stereocenters.